The molecule has 7 heteroatoms. The first kappa shape index (κ1) is 20.3. The summed E-state index contributed by atoms with van der Waals surface area (Å²) in [5, 5.41) is 7.33. The van der Waals surface area contributed by atoms with E-state index in [9.17, 15) is 9.59 Å². The van der Waals surface area contributed by atoms with Gasteiger partial charge in [0, 0.05) is 35.5 Å². The van der Waals surface area contributed by atoms with E-state index in [1.54, 1.807) is 23.1 Å². The third kappa shape index (κ3) is 4.68. The minimum Gasteiger partial charge on any atom is -0.351 e. The zero-order chi connectivity index (χ0) is 20.8. The van der Waals surface area contributed by atoms with Gasteiger partial charge < -0.3 is 5.73 Å². The second-order valence-corrected chi connectivity index (χ2v) is 6.90. The molecule has 1 aromatic carbocycles. The van der Waals surface area contributed by atoms with Gasteiger partial charge in [0.1, 0.15) is 5.82 Å². The fraction of sp³-hybridized carbons (Fsp3) is 0.273. The predicted molar refractivity (Wildman–Crippen MR) is 113 cm³/mol. The number of aromatic nitrogens is 3. The van der Waals surface area contributed by atoms with Crippen LogP contribution in [0.1, 0.15) is 48.5 Å². The van der Waals surface area contributed by atoms with Crippen LogP contribution in [-0.2, 0) is 0 Å². The number of hydrogen-bond acceptors (Lipinski definition) is 4. The third-order valence-corrected chi connectivity index (χ3v) is 4.71. The second-order valence-electron chi connectivity index (χ2n) is 6.90. The van der Waals surface area contributed by atoms with Gasteiger partial charge >= 0.3 is 6.03 Å². The van der Waals surface area contributed by atoms with E-state index in [1.807, 2.05) is 37.3 Å². The fourth-order valence-electron chi connectivity index (χ4n) is 3.19. The zero-order valence-corrected chi connectivity index (χ0v) is 16.7. The Morgan fingerprint density at radius 1 is 1.14 bits per heavy atom. The molecule has 0 spiro atoms. The molecule has 0 unspecified atom stereocenters. The summed E-state index contributed by atoms with van der Waals surface area (Å²) in [4.78, 5) is 28.3. The Kier molecular flexibility index (Phi) is 6.39. The van der Waals surface area contributed by atoms with Crippen molar-refractivity contribution in [2.75, 3.05) is 5.32 Å². The SMILES string of the molecule is CCCCCC(=O)c1cncc(-c2nn(-c3ccccc3)c(NC(N)=O)c2C)c1. The molecule has 0 saturated heterocycles. The number of pyridine rings is 1. The number of benzene rings is 1. The number of primary amides is 1. The molecule has 0 saturated carbocycles. The number of rotatable bonds is 8. The predicted octanol–water partition coefficient (Wildman–Crippen LogP) is 4.50. The number of anilines is 1. The van der Waals surface area contributed by atoms with Crippen molar-refractivity contribution in [2.45, 2.75) is 39.5 Å². The number of unbranched alkanes of at least 4 members (excludes halogenated alkanes) is 2. The molecule has 2 heterocycles. The molecule has 150 valence electrons. The number of amides is 2. The van der Waals surface area contributed by atoms with Crippen molar-refractivity contribution in [2.24, 2.45) is 5.73 Å². The van der Waals surface area contributed by atoms with Gasteiger partial charge in [-0.15, -0.1) is 0 Å². The van der Waals surface area contributed by atoms with E-state index >= 15 is 0 Å². The molecular formula is C22H25N5O2. The molecule has 0 atom stereocenters. The number of carbonyl (C=O) groups excluding carboxylic acids is 2. The first-order chi connectivity index (χ1) is 14.0. The number of nitrogens with two attached hydrogens (primary N) is 1. The normalized spacial score (nSPS) is 10.7. The maximum Gasteiger partial charge on any atom is 0.317 e. The minimum absolute atomic E-state index is 0.0726. The molecule has 0 radical (unpaired) electrons. The number of ketones is 1. The van der Waals surface area contributed by atoms with E-state index in [1.165, 1.54) is 0 Å². The molecule has 2 aromatic heterocycles. The average molecular weight is 391 g/mol. The van der Waals surface area contributed by atoms with Crippen LogP contribution in [-0.4, -0.2) is 26.6 Å². The Morgan fingerprint density at radius 2 is 1.90 bits per heavy atom. The van der Waals surface area contributed by atoms with Gasteiger partial charge in [0.2, 0.25) is 0 Å². The lowest BCUT2D eigenvalue weighted by Crippen LogP contribution is -2.21. The summed E-state index contributed by atoms with van der Waals surface area (Å²) in [7, 11) is 0. The molecular weight excluding hydrogens is 366 g/mol. The average Bonchev–Trinajstić information content (AvgIpc) is 3.04. The van der Waals surface area contributed by atoms with Gasteiger partial charge in [0.25, 0.3) is 0 Å². The largest absolute Gasteiger partial charge is 0.351 e. The monoisotopic (exact) mass is 391 g/mol. The van der Waals surface area contributed by atoms with Crippen LogP contribution in [0.2, 0.25) is 0 Å². The van der Waals surface area contributed by atoms with Crippen molar-refractivity contribution in [1.29, 1.82) is 0 Å². The van der Waals surface area contributed by atoms with Crippen molar-refractivity contribution in [3.05, 3.63) is 59.9 Å². The lowest BCUT2D eigenvalue weighted by atomic mass is 10.0. The number of carbonyl (C=O) groups is 2. The molecule has 0 aliphatic rings. The Labute approximate surface area is 170 Å². The number of nitrogens with one attached hydrogen (secondary N) is 1. The summed E-state index contributed by atoms with van der Waals surface area (Å²) < 4.78 is 1.63. The quantitative estimate of drug-likeness (QED) is 0.436. The van der Waals surface area contributed by atoms with Gasteiger partial charge in [-0.2, -0.15) is 5.10 Å². The lowest BCUT2D eigenvalue weighted by Gasteiger charge is -2.07. The van der Waals surface area contributed by atoms with Gasteiger partial charge in [0.05, 0.1) is 11.4 Å². The van der Waals surface area contributed by atoms with Gasteiger partial charge in [-0.05, 0) is 31.5 Å². The summed E-state index contributed by atoms with van der Waals surface area (Å²) in [6, 6.07) is 10.6. The molecule has 2 amide bonds. The van der Waals surface area contributed by atoms with Crippen molar-refractivity contribution in [3.63, 3.8) is 0 Å². The Balaban J connectivity index is 2.01. The number of Topliss-reactive ketones (excluding diaryl/α,β-unsaturated/α-hetero) is 1. The van der Waals surface area contributed by atoms with Crippen LogP contribution in [0.3, 0.4) is 0 Å². The van der Waals surface area contributed by atoms with Gasteiger partial charge in [0.15, 0.2) is 5.78 Å². The highest BCUT2D eigenvalue weighted by Crippen LogP contribution is 2.30. The minimum atomic E-state index is -0.672. The second kappa shape index (κ2) is 9.14. The standard InChI is InChI=1S/C22H25N5O2/c1-3-4-6-11-19(28)16-12-17(14-24-13-16)20-15(2)21(25-22(23)29)27(26-20)18-9-7-5-8-10-18/h5,7-10,12-14H,3-4,6,11H2,1-2H3,(H3,23,25,29). The molecule has 7 nitrogen and oxygen atoms in total. The molecule has 3 N–H and O–H groups in total. The molecule has 3 aromatic rings. The maximum atomic E-state index is 12.5. The topological polar surface area (TPSA) is 103 Å². The first-order valence-corrected chi connectivity index (χ1v) is 9.71. The van der Waals surface area contributed by atoms with Crippen LogP contribution >= 0.6 is 0 Å². The summed E-state index contributed by atoms with van der Waals surface area (Å²) in [6.45, 7) is 3.96. The Hall–Kier alpha value is -3.48. The van der Waals surface area contributed by atoms with E-state index in [2.05, 4.69) is 22.3 Å². The number of nitrogens with zero attached hydrogens (tertiary/aromatic N) is 3. The summed E-state index contributed by atoms with van der Waals surface area (Å²) >= 11 is 0. The molecule has 0 fully saturated rings. The zero-order valence-electron chi connectivity index (χ0n) is 16.7. The van der Waals surface area contributed by atoms with Crippen LogP contribution in [0.4, 0.5) is 10.6 Å². The number of para-hydroxylation sites is 1. The van der Waals surface area contributed by atoms with E-state index in [-0.39, 0.29) is 5.78 Å². The van der Waals surface area contributed by atoms with E-state index in [0.29, 0.717) is 29.1 Å². The van der Waals surface area contributed by atoms with E-state index < -0.39 is 6.03 Å². The van der Waals surface area contributed by atoms with E-state index in [0.717, 1.165) is 30.5 Å². The van der Waals surface area contributed by atoms with Crippen molar-refractivity contribution < 1.29 is 9.59 Å². The van der Waals surface area contributed by atoms with E-state index in [4.69, 9.17) is 5.73 Å². The summed E-state index contributed by atoms with van der Waals surface area (Å²) in [5.41, 5.74) is 8.80. The smallest absolute Gasteiger partial charge is 0.317 e. The maximum absolute atomic E-state index is 12.5. The van der Waals surface area contributed by atoms with Crippen molar-refractivity contribution >= 4 is 17.6 Å². The number of hydrogen-bond donors (Lipinski definition) is 2. The highest BCUT2D eigenvalue weighted by Gasteiger charge is 2.19. The van der Waals surface area contributed by atoms with Gasteiger partial charge in [-0.25, -0.2) is 9.48 Å². The molecule has 0 aliphatic heterocycles. The number of urea groups is 1. The van der Waals surface area contributed by atoms with Gasteiger partial charge in [-0.3, -0.25) is 15.1 Å². The summed E-state index contributed by atoms with van der Waals surface area (Å²) in [5.74, 6) is 0.557. The third-order valence-electron chi connectivity index (χ3n) is 4.71. The van der Waals surface area contributed by atoms with Gasteiger partial charge in [-0.1, -0.05) is 38.0 Å². The van der Waals surface area contributed by atoms with Crippen LogP contribution < -0.4 is 11.1 Å². The van der Waals surface area contributed by atoms with Crippen molar-refractivity contribution in [1.82, 2.24) is 14.8 Å². The Morgan fingerprint density at radius 3 is 2.59 bits per heavy atom. The first-order valence-electron chi connectivity index (χ1n) is 9.71. The summed E-state index contributed by atoms with van der Waals surface area (Å²) in [6.07, 6.45) is 6.73. The fourth-order valence-corrected chi connectivity index (χ4v) is 3.19. The van der Waals surface area contributed by atoms with Crippen LogP contribution in [0.5, 0.6) is 0 Å². The lowest BCUT2D eigenvalue weighted by molar-refractivity contribution is 0.0979. The highest BCUT2D eigenvalue weighted by molar-refractivity contribution is 5.97. The molecule has 0 bridgehead atoms. The molecule has 29 heavy (non-hydrogen) atoms. The van der Waals surface area contributed by atoms with Crippen molar-refractivity contribution in [3.8, 4) is 16.9 Å². The molecule has 3 rings (SSSR count). The van der Waals surface area contributed by atoms with Crippen LogP contribution in [0.25, 0.3) is 16.9 Å². The van der Waals surface area contributed by atoms with Crippen LogP contribution in [0, 0.1) is 6.92 Å². The van der Waals surface area contributed by atoms with Crippen LogP contribution in [0.15, 0.2) is 48.8 Å². The highest BCUT2D eigenvalue weighted by atomic mass is 16.2. The molecule has 0 aliphatic carbocycles. The Bertz CT molecular complexity index is 1010.